The number of rotatable bonds is 3. The average molecular weight is 191 g/mol. The van der Waals surface area contributed by atoms with E-state index in [4.69, 9.17) is 17.0 Å². The summed E-state index contributed by atoms with van der Waals surface area (Å²) in [6.45, 7) is 1.00. The second kappa shape index (κ2) is 4.28. The minimum Gasteiger partial charge on any atom is -0.379 e. The maximum Gasteiger partial charge on any atom is 0.111 e. The number of methoxy groups -OCH3 is 1. The molecule has 0 radical (unpaired) electrons. The molecule has 0 aromatic heterocycles. The third kappa shape index (κ3) is 2.07. The molecule has 4 heteroatoms. The number of thiocarbonyl (C=S) groups is 1. The summed E-state index contributed by atoms with van der Waals surface area (Å²) in [5.41, 5.74) is 0.234. The van der Waals surface area contributed by atoms with E-state index in [0.717, 1.165) is 18.0 Å². The van der Waals surface area contributed by atoms with Crippen LogP contribution < -0.4 is 5.32 Å². The lowest BCUT2D eigenvalue weighted by atomic mass is 10.1. The summed E-state index contributed by atoms with van der Waals surface area (Å²) in [4.78, 5) is 0.964. The van der Waals surface area contributed by atoms with E-state index in [-0.39, 0.29) is 5.44 Å². The minimum absolute atomic E-state index is 0.234. The zero-order chi connectivity index (χ0) is 8.27. The normalized spacial score (nSPS) is 26.7. The molecule has 1 aliphatic rings. The van der Waals surface area contributed by atoms with Crippen LogP contribution >= 0.6 is 24.0 Å². The summed E-state index contributed by atoms with van der Waals surface area (Å²) in [5, 5.41) is 3.16. The van der Waals surface area contributed by atoms with Gasteiger partial charge in [-0.25, -0.2) is 0 Å². The molecular weight excluding hydrogens is 178 g/mol. The Balaban J connectivity index is 2.49. The fourth-order valence-electron chi connectivity index (χ4n) is 1.30. The first kappa shape index (κ1) is 9.29. The third-order valence-corrected chi connectivity index (χ3v) is 3.32. The van der Waals surface area contributed by atoms with Gasteiger partial charge in [-0.3, -0.25) is 0 Å². The Morgan fingerprint density at radius 2 is 2.55 bits per heavy atom. The molecule has 11 heavy (non-hydrogen) atoms. The van der Waals surface area contributed by atoms with Crippen molar-refractivity contribution in [1.82, 2.24) is 5.32 Å². The molecule has 2 nitrogen and oxygen atoms in total. The number of hydrogen-bond acceptors (Lipinski definition) is 3. The fourth-order valence-corrected chi connectivity index (χ4v) is 2.52. The fraction of sp³-hybridized carbons (Fsp3) is 0.857. The molecule has 0 spiro atoms. The highest BCUT2D eigenvalue weighted by atomic mass is 32.2. The van der Waals surface area contributed by atoms with Gasteiger partial charge in [0.25, 0.3) is 0 Å². The predicted molar refractivity (Wildman–Crippen MR) is 53.0 cm³/mol. The first-order chi connectivity index (χ1) is 5.29. The Labute approximate surface area is 77.1 Å². The number of thioether (sulfide) groups is 1. The molecule has 0 saturated carbocycles. The summed E-state index contributed by atoms with van der Waals surface area (Å²) in [6, 6.07) is 0. The molecule has 1 aliphatic heterocycles. The maximum atomic E-state index is 5.29. The van der Waals surface area contributed by atoms with Gasteiger partial charge >= 0.3 is 0 Å². The largest absolute Gasteiger partial charge is 0.379 e. The van der Waals surface area contributed by atoms with Crippen LogP contribution in [0.1, 0.15) is 6.42 Å². The lowest BCUT2D eigenvalue weighted by molar-refractivity contribution is 0.148. The zero-order valence-corrected chi connectivity index (χ0v) is 8.43. The van der Waals surface area contributed by atoms with Crippen LogP contribution in [0.3, 0.4) is 0 Å². The van der Waals surface area contributed by atoms with Gasteiger partial charge in [0.05, 0.1) is 4.99 Å². The quantitative estimate of drug-likeness (QED) is 0.535. The van der Waals surface area contributed by atoms with Crippen LogP contribution in [0.2, 0.25) is 0 Å². The van der Waals surface area contributed by atoms with Gasteiger partial charge < -0.3 is 10.1 Å². The Hall–Kier alpha value is 0.200. The molecule has 1 N–H and O–H groups in total. The average Bonchev–Trinajstić information content (AvgIpc) is 2.40. The van der Waals surface area contributed by atoms with Crippen molar-refractivity contribution in [3.05, 3.63) is 0 Å². The molecule has 0 bridgehead atoms. The van der Waals surface area contributed by atoms with Crippen molar-refractivity contribution in [2.24, 2.45) is 5.92 Å². The summed E-state index contributed by atoms with van der Waals surface area (Å²) in [7, 11) is 1.74. The van der Waals surface area contributed by atoms with Crippen molar-refractivity contribution in [2.45, 2.75) is 11.9 Å². The molecule has 2 atom stereocenters. The van der Waals surface area contributed by atoms with E-state index in [2.05, 4.69) is 11.6 Å². The monoisotopic (exact) mass is 191 g/mol. The lowest BCUT2D eigenvalue weighted by Gasteiger charge is -2.18. The second-order valence-electron chi connectivity index (χ2n) is 2.53. The van der Waals surface area contributed by atoms with Gasteiger partial charge in [0.2, 0.25) is 0 Å². The predicted octanol–water partition coefficient (Wildman–Crippen LogP) is 1.26. The van der Waals surface area contributed by atoms with Crippen molar-refractivity contribution in [1.29, 1.82) is 0 Å². The first-order valence-corrected chi connectivity index (χ1v) is 5.32. The standard InChI is InChI=1S/C7H13NOS2/c1-9-7(11-2)5-3-4-8-6(5)10/h5,7H,3-4H2,1-2H3,(H,8,10)/t5-,7+/m0/s1. The number of ether oxygens (including phenoxy) is 1. The van der Waals surface area contributed by atoms with Gasteiger partial charge in [-0.15, -0.1) is 11.8 Å². The van der Waals surface area contributed by atoms with Crippen LogP contribution in [0.25, 0.3) is 0 Å². The highest BCUT2D eigenvalue weighted by Crippen LogP contribution is 2.24. The van der Waals surface area contributed by atoms with Crippen molar-refractivity contribution in [2.75, 3.05) is 19.9 Å². The minimum atomic E-state index is 0.234. The Kier molecular flexibility index (Phi) is 3.62. The molecule has 1 saturated heterocycles. The van der Waals surface area contributed by atoms with Crippen molar-refractivity contribution in [3.63, 3.8) is 0 Å². The highest BCUT2D eigenvalue weighted by molar-refractivity contribution is 7.99. The van der Waals surface area contributed by atoms with E-state index in [1.165, 1.54) is 0 Å². The van der Waals surface area contributed by atoms with Crippen LogP contribution in [-0.4, -0.2) is 30.3 Å². The SMILES string of the molecule is CO[C@H](SC)[C@H]1CCNC1=S. The van der Waals surface area contributed by atoms with Crippen LogP contribution in [-0.2, 0) is 4.74 Å². The van der Waals surface area contributed by atoms with E-state index < -0.39 is 0 Å². The van der Waals surface area contributed by atoms with E-state index in [0.29, 0.717) is 5.92 Å². The smallest absolute Gasteiger partial charge is 0.111 e. The first-order valence-electron chi connectivity index (χ1n) is 3.63. The van der Waals surface area contributed by atoms with Crippen LogP contribution in [0.4, 0.5) is 0 Å². The molecule has 0 aromatic carbocycles. The van der Waals surface area contributed by atoms with E-state index in [9.17, 15) is 0 Å². The molecular formula is C7H13NOS2. The van der Waals surface area contributed by atoms with Gasteiger partial charge in [-0.2, -0.15) is 0 Å². The molecule has 64 valence electrons. The van der Waals surface area contributed by atoms with Crippen LogP contribution in [0.5, 0.6) is 0 Å². The van der Waals surface area contributed by atoms with Gasteiger partial charge in [-0.05, 0) is 12.7 Å². The summed E-state index contributed by atoms with van der Waals surface area (Å²) in [5.74, 6) is 0.421. The Bertz CT molecular complexity index is 147. The Morgan fingerprint density at radius 3 is 2.91 bits per heavy atom. The molecule has 1 fully saturated rings. The van der Waals surface area contributed by atoms with Gasteiger partial charge in [0.15, 0.2) is 0 Å². The molecule has 1 rings (SSSR count). The number of nitrogens with one attached hydrogen (secondary N) is 1. The summed E-state index contributed by atoms with van der Waals surface area (Å²) < 4.78 is 5.29. The van der Waals surface area contributed by atoms with Gasteiger partial charge in [0.1, 0.15) is 5.44 Å². The van der Waals surface area contributed by atoms with Crippen molar-refractivity contribution < 1.29 is 4.74 Å². The highest BCUT2D eigenvalue weighted by Gasteiger charge is 2.28. The molecule has 1 heterocycles. The van der Waals surface area contributed by atoms with E-state index in [1.807, 2.05) is 0 Å². The lowest BCUT2D eigenvalue weighted by Crippen LogP contribution is -2.26. The van der Waals surface area contributed by atoms with Crippen molar-refractivity contribution >= 4 is 29.0 Å². The van der Waals surface area contributed by atoms with Crippen LogP contribution in [0.15, 0.2) is 0 Å². The number of hydrogen-bond donors (Lipinski definition) is 1. The Morgan fingerprint density at radius 1 is 1.82 bits per heavy atom. The van der Waals surface area contributed by atoms with E-state index in [1.54, 1.807) is 18.9 Å². The zero-order valence-electron chi connectivity index (χ0n) is 6.79. The summed E-state index contributed by atoms with van der Waals surface area (Å²) in [6.07, 6.45) is 3.16. The van der Waals surface area contributed by atoms with Gasteiger partial charge in [-0.1, -0.05) is 12.2 Å². The van der Waals surface area contributed by atoms with Crippen molar-refractivity contribution in [3.8, 4) is 0 Å². The third-order valence-electron chi connectivity index (χ3n) is 1.88. The molecule has 0 aromatic rings. The molecule has 0 unspecified atom stereocenters. The van der Waals surface area contributed by atoms with E-state index >= 15 is 0 Å². The summed E-state index contributed by atoms with van der Waals surface area (Å²) >= 11 is 6.87. The van der Waals surface area contributed by atoms with Gasteiger partial charge in [0, 0.05) is 19.6 Å². The maximum absolute atomic E-state index is 5.29. The molecule has 0 aliphatic carbocycles. The topological polar surface area (TPSA) is 21.3 Å². The van der Waals surface area contributed by atoms with Crippen LogP contribution in [0, 0.1) is 5.92 Å². The molecule has 0 amide bonds. The second-order valence-corrected chi connectivity index (χ2v) is 3.90.